The van der Waals surface area contributed by atoms with Gasteiger partial charge in [-0.05, 0) is 6.07 Å². The molecule has 3 aromatic heterocycles. The third-order valence-corrected chi connectivity index (χ3v) is 3.84. The van der Waals surface area contributed by atoms with Gasteiger partial charge in [0.1, 0.15) is 5.69 Å². The second-order valence-electron chi connectivity index (χ2n) is 4.70. The normalized spacial score (nSPS) is 10.7. The lowest BCUT2D eigenvalue weighted by molar-refractivity contribution is 0.0685. The molecule has 3 heterocycles. The first-order valence-corrected chi connectivity index (χ1v) is 7.36. The minimum absolute atomic E-state index is 0.0164. The number of thiazole rings is 1. The highest BCUT2D eigenvalue weighted by atomic mass is 32.1. The fraction of sp³-hybridized carbons (Fsp3) is 0.154. The van der Waals surface area contributed by atoms with E-state index < -0.39 is 11.9 Å². The van der Waals surface area contributed by atoms with E-state index in [4.69, 9.17) is 5.11 Å². The zero-order valence-corrected chi connectivity index (χ0v) is 13.0. The Labute approximate surface area is 134 Å². The minimum Gasteiger partial charge on any atom is -0.476 e. The lowest BCUT2D eigenvalue weighted by atomic mass is 10.2. The van der Waals surface area contributed by atoms with Crippen molar-refractivity contribution in [1.82, 2.24) is 24.5 Å². The van der Waals surface area contributed by atoms with E-state index in [9.17, 15) is 9.59 Å². The molecule has 0 saturated carbocycles. The first-order valence-electron chi connectivity index (χ1n) is 6.48. The second-order valence-corrected chi connectivity index (χ2v) is 5.56. The van der Waals surface area contributed by atoms with Crippen LogP contribution in [0.4, 0.5) is 5.13 Å². The van der Waals surface area contributed by atoms with Crippen LogP contribution in [0.2, 0.25) is 0 Å². The van der Waals surface area contributed by atoms with E-state index in [2.05, 4.69) is 20.5 Å². The number of aromatic carboxylic acids is 1. The zero-order valence-electron chi connectivity index (χ0n) is 12.2. The van der Waals surface area contributed by atoms with Crippen LogP contribution >= 0.6 is 11.3 Å². The molecule has 0 spiro atoms. The molecule has 0 fully saturated rings. The molecule has 0 saturated heterocycles. The third kappa shape index (κ3) is 2.83. The van der Waals surface area contributed by atoms with Crippen LogP contribution in [0.3, 0.4) is 0 Å². The number of amides is 1. The number of carbonyl (C=O) groups is 2. The minimum atomic E-state index is -1.26. The summed E-state index contributed by atoms with van der Waals surface area (Å²) in [6.45, 7) is 0. The van der Waals surface area contributed by atoms with E-state index in [0.29, 0.717) is 10.8 Å². The Morgan fingerprint density at radius 2 is 2.13 bits per heavy atom. The van der Waals surface area contributed by atoms with Crippen molar-refractivity contribution < 1.29 is 14.7 Å². The van der Waals surface area contributed by atoms with Crippen LogP contribution in [0.5, 0.6) is 0 Å². The van der Waals surface area contributed by atoms with Gasteiger partial charge in [0.05, 0.1) is 11.3 Å². The van der Waals surface area contributed by atoms with Gasteiger partial charge in [0.15, 0.2) is 10.8 Å². The molecule has 0 aromatic carbocycles. The van der Waals surface area contributed by atoms with Crippen LogP contribution in [0.1, 0.15) is 20.8 Å². The van der Waals surface area contributed by atoms with E-state index in [0.717, 1.165) is 5.69 Å². The summed E-state index contributed by atoms with van der Waals surface area (Å²) in [7, 11) is 3.34. The molecule has 2 N–H and O–H groups in total. The topological polar surface area (TPSA) is 115 Å². The molecule has 3 rings (SSSR count). The van der Waals surface area contributed by atoms with Gasteiger partial charge in [0, 0.05) is 31.9 Å². The summed E-state index contributed by atoms with van der Waals surface area (Å²) >= 11 is 1.24. The van der Waals surface area contributed by atoms with Crippen molar-refractivity contribution in [3.63, 3.8) is 0 Å². The van der Waals surface area contributed by atoms with E-state index in [1.165, 1.54) is 22.2 Å². The molecule has 0 atom stereocenters. The highest BCUT2D eigenvalue weighted by Crippen LogP contribution is 2.24. The molecule has 10 heteroatoms. The van der Waals surface area contributed by atoms with E-state index in [1.807, 2.05) is 6.07 Å². The summed E-state index contributed by atoms with van der Waals surface area (Å²) in [5.74, 6) is -1.83. The molecule has 0 bridgehead atoms. The summed E-state index contributed by atoms with van der Waals surface area (Å²) < 4.78 is 2.95. The number of anilines is 1. The van der Waals surface area contributed by atoms with E-state index in [1.54, 1.807) is 30.4 Å². The molecule has 9 nitrogen and oxygen atoms in total. The predicted octanol–water partition coefficient (Wildman–Crippen LogP) is 1.23. The second kappa shape index (κ2) is 5.65. The number of hydrogen-bond acceptors (Lipinski definition) is 6. The van der Waals surface area contributed by atoms with Gasteiger partial charge in [0.2, 0.25) is 0 Å². The quantitative estimate of drug-likeness (QED) is 0.742. The molecule has 23 heavy (non-hydrogen) atoms. The van der Waals surface area contributed by atoms with Gasteiger partial charge >= 0.3 is 5.97 Å². The lowest BCUT2D eigenvalue weighted by Crippen LogP contribution is -2.15. The average Bonchev–Trinajstić information content (AvgIpc) is 3.18. The number of carboxylic acid groups (broad SMARTS) is 1. The summed E-state index contributed by atoms with van der Waals surface area (Å²) in [6, 6.07) is 1.81. The van der Waals surface area contributed by atoms with Crippen LogP contribution in [-0.2, 0) is 14.1 Å². The average molecular weight is 332 g/mol. The summed E-state index contributed by atoms with van der Waals surface area (Å²) in [5.41, 5.74) is 1.18. The van der Waals surface area contributed by atoms with Gasteiger partial charge in [-0.1, -0.05) is 0 Å². The molecular weight excluding hydrogens is 320 g/mol. The monoisotopic (exact) mass is 332 g/mol. The van der Waals surface area contributed by atoms with Crippen molar-refractivity contribution in [3.8, 4) is 11.4 Å². The Hall–Kier alpha value is -3.01. The predicted molar refractivity (Wildman–Crippen MR) is 82.4 cm³/mol. The number of aryl methyl sites for hydroxylation is 2. The number of aromatic nitrogens is 5. The van der Waals surface area contributed by atoms with Crippen LogP contribution in [0.15, 0.2) is 23.8 Å². The number of hydrogen-bond donors (Lipinski definition) is 2. The number of nitrogens with zero attached hydrogens (tertiary/aromatic N) is 5. The Kier molecular flexibility index (Phi) is 3.66. The maximum Gasteiger partial charge on any atom is 0.357 e. The van der Waals surface area contributed by atoms with Gasteiger partial charge < -0.3 is 5.11 Å². The first-order chi connectivity index (χ1) is 11.0. The highest BCUT2D eigenvalue weighted by Gasteiger charge is 2.22. The number of carbonyl (C=O) groups excluding carboxylic acids is 1. The van der Waals surface area contributed by atoms with E-state index >= 15 is 0 Å². The zero-order chi connectivity index (χ0) is 16.6. The summed E-state index contributed by atoms with van der Waals surface area (Å²) in [4.78, 5) is 27.7. The van der Waals surface area contributed by atoms with Crippen molar-refractivity contribution >= 4 is 28.3 Å². The van der Waals surface area contributed by atoms with Crippen LogP contribution in [-0.4, -0.2) is 41.5 Å². The molecule has 3 aromatic rings. The van der Waals surface area contributed by atoms with Crippen molar-refractivity contribution in [2.75, 3.05) is 5.32 Å². The SMILES string of the molecule is Cn1cc(C(=O)Nc2nc(-c3ccnn3C)cs2)c(C(=O)O)n1. The maximum absolute atomic E-state index is 12.2. The fourth-order valence-corrected chi connectivity index (χ4v) is 2.75. The van der Waals surface area contributed by atoms with Crippen molar-refractivity contribution in [2.24, 2.45) is 14.1 Å². The maximum atomic E-state index is 12.2. The van der Waals surface area contributed by atoms with Crippen LogP contribution in [0.25, 0.3) is 11.4 Å². The Morgan fingerprint density at radius 3 is 2.78 bits per heavy atom. The van der Waals surface area contributed by atoms with E-state index in [-0.39, 0.29) is 11.3 Å². The summed E-state index contributed by atoms with van der Waals surface area (Å²) in [5, 5.41) is 21.6. The van der Waals surface area contributed by atoms with Crippen molar-refractivity contribution in [3.05, 3.63) is 35.1 Å². The molecule has 0 aliphatic rings. The Balaban J connectivity index is 1.83. The van der Waals surface area contributed by atoms with Gasteiger partial charge in [-0.25, -0.2) is 9.78 Å². The first kappa shape index (κ1) is 14.9. The van der Waals surface area contributed by atoms with Crippen molar-refractivity contribution in [1.29, 1.82) is 0 Å². The number of rotatable bonds is 4. The van der Waals surface area contributed by atoms with Crippen LogP contribution in [0, 0.1) is 0 Å². The largest absolute Gasteiger partial charge is 0.476 e. The fourth-order valence-electron chi connectivity index (χ4n) is 2.05. The molecule has 0 unspecified atom stereocenters. The standard InChI is InChI=1S/C13H12N6O3S/c1-18-5-7(10(17-18)12(21)22)11(20)16-13-15-8(6-23-13)9-3-4-14-19(9)2/h3-6H,1-2H3,(H,21,22)(H,15,16,20). The molecule has 0 aliphatic heterocycles. The number of carboxylic acids is 1. The lowest BCUT2D eigenvalue weighted by Gasteiger charge is -2.00. The van der Waals surface area contributed by atoms with Gasteiger partial charge in [0.25, 0.3) is 5.91 Å². The molecule has 0 radical (unpaired) electrons. The smallest absolute Gasteiger partial charge is 0.357 e. The molecular formula is C13H12N6O3S. The van der Waals surface area contributed by atoms with Gasteiger partial charge in [-0.2, -0.15) is 10.2 Å². The third-order valence-electron chi connectivity index (χ3n) is 3.08. The highest BCUT2D eigenvalue weighted by molar-refractivity contribution is 7.14. The van der Waals surface area contributed by atoms with Crippen molar-refractivity contribution in [2.45, 2.75) is 0 Å². The summed E-state index contributed by atoms with van der Waals surface area (Å²) in [6.07, 6.45) is 3.01. The Morgan fingerprint density at radius 1 is 1.35 bits per heavy atom. The molecule has 118 valence electrons. The Bertz CT molecular complexity index is 893. The van der Waals surface area contributed by atoms with Gasteiger partial charge in [-0.15, -0.1) is 11.3 Å². The number of nitrogens with one attached hydrogen (secondary N) is 1. The molecule has 1 amide bonds. The molecule has 0 aliphatic carbocycles. The van der Waals surface area contributed by atoms with Gasteiger partial charge in [-0.3, -0.25) is 19.5 Å². The van der Waals surface area contributed by atoms with Crippen LogP contribution < -0.4 is 5.32 Å².